The van der Waals surface area contributed by atoms with E-state index < -0.39 is 73.0 Å². The molecule has 0 aliphatic carbocycles. The summed E-state index contributed by atoms with van der Waals surface area (Å²) in [4.78, 5) is -2.55. The van der Waals surface area contributed by atoms with Crippen molar-refractivity contribution in [2.24, 2.45) is 10.2 Å². The van der Waals surface area contributed by atoms with Crippen LogP contribution < -0.4 is 59.1 Å². The monoisotopic (exact) mass is 548 g/mol. The summed E-state index contributed by atoms with van der Waals surface area (Å²) >= 11 is 0. The zero-order valence-electron chi connectivity index (χ0n) is 17.3. The summed E-state index contributed by atoms with van der Waals surface area (Å²) in [5.74, 6) is -1.97. The summed E-state index contributed by atoms with van der Waals surface area (Å²) in [6.07, 6.45) is 0. The predicted octanol–water partition coefficient (Wildman–Crippen LogP) is -4.27. The molecule has 0 heterocycles. The largest absolute Gasteiger partial charge is 1.00 e. The number of fused-ring (bicyclic) bond motifs is 1. The molecule has 3 rings (SSSR count). The van der Waals surface area contributed by atoms with Crippen molar-refractivity contribution in [3.8, 4) is 11.5 Å². The van der Waals surface area contributed by atoms with Crippen LogP contribution in [-0.4, -0.2) is 49.1 Å². The van der Waals surface area contributed by atoms with Crippen LogP contribution in [-0.2, 0) is 30.4 Å². The van der Waals surface area contributed by atoms with Crippen LogP contribution in [0, 0.1) is 0 Å². The third-order valence-electron chi connectivity index (χ3n) is 4.06. The molecule has 34 heavy (non-hydrogen) atoms. The molecule has 170 valence electrons. The molecule has 0 spiro atoms. The van der Waals surface area contributed by atoms with Crippen LogP contribution in [0.1, 0.15) is 0 Å². The number of azo groups is 1. The predicted molar refractivity (Wildman–Crippen MR) is 104 cm³/mol. The molecular formula is C16H10N2Na2O11S3. The van der Waals surface area contributed by atoms with Gasteiger partial charge >= 0.3 is 59.1 Å². The Morgan fingerprint density at radius 2 is 1.29 bits per heavy atom. The summed E-state index contributed by atoms with van der Waals surface area (Å²) in [5, 5.41) is 26.6. The Morgan fingerprint density at radius 1 is 0.735 bits per heavy atom. The van der Waals surface area contributed by atoms with Gasteiger partial charge in [0.15, 0.2) is 5.75 Å². The fourth-order valence-corrected chi connectivity index (χ4v) is 4.32. The first-order valence-electron chi connectivity index (χ1n) is 8.03. The Balaban J connectivity index is 0.00000289. The van der Waals surface area contributed by atoms with E-state index >= 15 is 0 Å². The second-order valence-corrected chi connectivity index (χ2v) is 10.3. The molecule has 0 fully saturated rings. The van der Waals surface area contributed by atoms with Gasteiger partial charge in [0.1, 0.15) is 31.7 Å². The van der Waals surface area contributed by atoms with Crippen LogP contribution >= 0.6 is 0 Å². The molecule has 0 radical (unpaired) electrons. The number of hydrogen-bond acceptors (Lipinski definition) is 12. The van der Waals surface area contributed by atoms with Gasteiger partial charge in [-0.1, -0.05) is 0 Å². The molecule has 13 nitrogen and oxygen atoms in total. The average Bonchev–Trinajstić information content (AvgIpc) is 2.64. The van der Waals surface area contributed by atoms with E-state index in [1.807, 2.05) is 0 Å². The van der Waals surface area contributed by atoms with Crippen molar-refractivity contribution in [1.82, 2.24) is 0 Å². The zero-order valence-corrected chi connectivity index (χ0v) is 23.7. The van der Waals surface area contributed by atoms with Crippen molar-refractivity contribution < 1.29 is 108 Å². The molecule has 0 bridgehead atoms. The second kappa shape index (κ2) is 10.9. The van der Waals surface area contributed by atoms with Gasteiger partial charge in [0, 0.05) is 0 Å². The van der Waals surface area contributed by atoms with Gasteiger partial charge in [-0.05, 0) is 47.9 Å². The van der Waals surface area contributed by atoms with E-state index in [4.69, 9.17) is 4.55 Å². The first-order valence-corrected chi connectivity index (χ1v) is 12.3. The van der Waals surface area contributed by atoms with Crippen molar-refractivity contribution in [1.29, 1.82) is 0 Å². The molecule has 0 unspecified atom stereocenters. The molecule has 18 heteroatoms. The molecule has 0 saturated carbocycles. The van der Waals surface area contributed by atoms with Crippen molar-refractivity contribution in [3.63, 3.8) is 0 Å². The number of nitrogens with zero attached hydrogens (tertiary/aromatic N) is 2. The van der Waals surface area contributed by atoms with E-state index in [-0.39, 0.29) is 64.8 Å². The minimum atomic E-state index is -5.32. The molecule has 0 aliphatic rings. The van der Waals surface area contributed by atoms with Crippen molar-refractivity contribution in [3.05, 3.63) is 42.5 Å². The Labute approximate surface area is 237 Å². The van der Waals surface area contributed by atoms with Gasteiger partial charge in [-0.3, -0.25) is 4.55 Å². The Kier molecular flexibility index (Phi) is 9.86. The van der Waals surface area contributed by atoms with Crippen molar-refractivity contribution in [2.75, 3.05) is 0 Å². The van der Waals surface area contributed by atoms with Gasteiger partial charge in [0.05, 0.1) is 25.8 Å². The van der Waals surface area contributed by atoms with Gasteiger partial charge in [-0.25, -0.2) is 16.8 Å². The Hall–Kier alpha value is -1.15. The Bertz CT molecular complexity index is 1600. The molecule has 0 amide bonds. The molecule has 0 aromatic heterocycles. The van der Waals surface area contributed by atoms with E-state index in [9.17, 15) is 44.6 Å². The van der Waals surface area contributed by atoms with Crippen LogP contribution in [0.4, 0.5) is 11.4 Å². The molecule has 3 N–H and O–H groups in total. The smallest absolute Gasteiger partial charge is 0.744 e. The fourth-order valence-electron chi connectivity index (χ4n) is 2.66. The number of phenolic OH excluding ortho intramolecular Hbond substituents is 2. The average molecular weight is 548 g/mol. The quantitative estimate of drug-likeness (QED) is 0.157. The van der Waals surface area contributed by atoms with Crippen LogP contribution in [0.25, 0.3) is 10.8 Å². The van der Waals surface area contributed by atoms with E-state index in [1.165, 1.54) is 0 Å². The minimum Gasteiger partial charge on any atom is -0.744 e. The van der Waals surface area contributed by atoms with E-state index in [1.54, 1.807) is 0 Å². The third kappa shape index (κ3) is 6.74. The first-order chi connectivity index (χ1) is 14.6. The summed E-state index contributed by atoms with van der Waals surface area (Å²) in [5.41, 5.74) is -0.984. The maximum Gasteiger partial charge on any atom is 1.00 e. The zero-order chi connectivity index (χ0) is 24.1. The number of rotatable bonds is 5. The van der Waals surface area contributed by atoms with Gasteiger partial charge in [-0.2, -0.15) is 13.5 Å². The first kappa shape index (κ1) is 30.9. The van der Waals surface area contributed by atoms with Gasteiger partial charge in [0.2, 0.25) is 0 Å². The molecule has 0 atom stereocenters. The van der Waals surface area contributed by atoms with Gasteiger partial charge in [-0.15, -0.1) is 5.11 Å². The van der Waals surface area contributed by atoms with E-state index in [2.05, 4.69) is 10.2 Å². The SMILES string of the molecule is O=S(=O)([O-])c1cc(O)c2c(O)c(N=Nc3ccc(S(=O)(=O)O)cc3)c(S(=O)(=O)[O-])cc2c1.[Na+].[Na+]. The van der Waals surface area contributed by atoms with Crippen LogP contribution in [0.15, 0.2) is 67.4 Å². The maximum absolute atomic E-state index is 11.7. The Morgan fingerprint density at radius 3 is 1.76 bits per heavy atom. The van der Waals surface area contributed by atoms with Gasteiger partial charge in [0.25, 0.3) is 10.1 Å². The summed E-state index contributed by atoms with van der Waals surface area (Å²) in [6.45, 7) is 0. The van der Waals surface area contributed by atoms with Crippen molar-refractivity contribution >= 4 is 52.5 Å². The standard InChI is InChI=1S/C16H12N2O11S3.2Na/c19-12-7-11(31(24,25)26)5-8-6-13(32(27,28)29)15(16(20)14(8)12)18-17-9-1-3-10(4-2-9)30(21,22)23;;/h1-7,19-20H,(H,21,22,23)(H,24,25,26)(H,27,28,29);;/q;2*+1/p-2. The molecule has 3 aromatic carbocycles. The van der Waals surface area contributed by atoms with Crippen LogP contribution in [0.5, 0.6) is 11.5 Å². The van der Waals surface area contributed by atoms with E-state index in [0.717, 1.165) is 24.3 Å². The normalized spacial score (nSPS) is 12.3. The van der Waals surface area contributed by atoms with E-state index in [0.29, 0.717) is 18.2 Å². The second-order valence-electron chi connectivity index (χ2n) is 6.19. The topological polar surface area (TPSA) is 234 Å². The summed E-state index contributed by atoms with van der Waals surface area (Å²) < 4.78 is 99.7. The van der Waals surface area contributed by atoms with Crippen molar-refractivity contribution in [2.45, 2.75) is 14.7 Å². The number of hydrogen-bond donors (Lipinski definition) is 3. The molecule has 0 aliphatic heterocycles. The molecule has 0 saturated heterocycles. The third-order valence-corrected chi connectivity index (χ3v) is 6.59. The molecular weight excluding hydrogens is 538 g/mol. The number of benzene rings is 3. The fraction of sp³-hybridized carbons (Fsp3) is 0. The summed E-state index contributed by atoms with van der Waals surface area (Å²) in [7, 11) is -14.9. The van der Waals surface area contributed by atoms with Crippen LogP contribution in [0.3, 0.4) is 0 Å². The number of aromatic hydroxyl groups is 2. The maximum atomic E-state index is 11.7. The van der Waals surface area contributed by atoms with Crippen LogP contribution in [0.2, 0.25) is 0 Å². The minimum absolute atomic E-state index is 0. The number of phenols is 2. The summed E-state index contributed by atoms with van der Waals surface area (Å²) in [6, 6.07) is 5.81. The van der Waals surface area contributed by atoms with Gasteiger partial charge < -0.3 is 19.3 Å². The molecule has 3 aromatic rings.